The van der Waals surface area contributed by atoms with Crippen LogP contribution < -0.4 is 5.32 Å². The molecule has 1 aromatic rings. The molecule has 0 saturated carbocycles. The van der Waals surface area contributed by atoms with E-state index in [1.54, 1.807) is 6.26 Å². The summed E-state index contributed by atoms with van der Waals surface area (Å²) in [5.74, 6) is 0. The summed E-state index contributed by atoms with van der Waals surface area (Å²) in [4.78, 5) is 0. The van der Waals surface area contributed by atoms with Crippen LogP contribution >= 0.6 is 0 Å². The lowest BCUT2D eigenvalue weighted by Crippen LogP contribution is -2.11. The zero-order chi connectivity index (χ0) is 6.81. The molecular formula is C8H11NO. The lowest BCUT2D eigenvalue weighted by molar-refractivity contribution is 0.553. The van der Waals surface area contributed by atoms with Gasteiger partial charge in [-0.05, 0) is 25.5 Å². The van der Waals surface area contributed by atoms with Gasteiger partial charge in [-0.15, -0.1) is 0 Å². The SMILES string of the molecule is c1cc([C@H]2CCCN2)co1. The lowest BCUT2D eigenvalue weighted by atomic mass is 10.1. The van der Waals surface area contributed by atoms with E-state index in [0.717, 1.165) is 6.54 Å². The molecule has 54 valence electrons. The summed E-state index contributed by atoms with van der Waals surface area (Å²) in [6.45, 7) is 1.15. The second kappa shape index (κ2) is 2.46. The van der Waals surface area contributed by atoms with Crippen LogP contribution in [0.25, 0.3) is 0 Å². The van der Waals surface area contributed by atoms with E-state index in [4.69, 9.17) is 4.42 Å². The van der Waals surface area contributed by atoms with Gasteiger partial charge >= 0.3 is 0 Å². The Bertz CT molecular complexity index is 187. The van der Waals surface area contributed by atoms with Gasteiger partial charge in [0.1, 0.15) is 0 Å². The highest BCUT2D eigenvalue weighted by atomic mass is 16.3. The van der Waals surface area contributed by atoms with Crippen LogP contribution in [0.3, 0.4) is 0 Å². The minimum absolute atomic E-state index is 0.554. The van der Waals surface area contributed by atoms with E-state index >= 15 is 0 Å². The summed E-state index contributed by atoms with van der Waals surface area (Å²) in [6, 6.07) is 2.59. The van der Waals surface area contributed by atoms with Crippen molar-refractivity contribution in [3.63, 3.8) is 0 Å². The van der Waals surface area contributed by atoms with Gasteiger partial charge in [-0.2, -0.15) is 0 Å². The summed E-state index contributed by atoms with van der Waals surface area (Å²) in [7, 11) is 0. The van der Waals surface area contributed by atoms with E-state index in [2.05, 4.69) is 5.32 Å². The molecule has 1 atom stereocenters. The Labute approximate surface area is 60.2 Å². The third kappa shape index (κ3) is 0.948. The standard InChI is InChI=1S/C8H11NO/c1-2-8(9-4-1)7-3-5-10-6-7/h3,5-6,8-9H,1-2,4H2/t8-/m1/s1. The van der Waals surface area contributed by atoms with Crippen molar-refractivity contribution < 1.29 is 4.42 Å². The van der Waals surface area contributed by atoms with Crippen molar-refractivity contribution in [1.29, 1.82) is 0 Å². The van der Waals surface area contributed by atoms with E-state index in [-0.39, 0.29) is 0 Å². The van der Waals surface area contributed by atoms with E-state index in [1.165, 1.54) is 18.4 Å². The highest BCUT2D eigenvalue weighted by Gasteiger charge is 2.16. The maximum absolute atomic E-state index is 4.99. The fourth-order valence-corrected chi connectivity index (χ4v) is 1.44. The molecule has 1 fully saturated rings. The number of furan rings is 1. The monoisotopic (exact) mass is 137 g/mol. The first kappa shape index (κ1) is 5.98. The molecule has 1 saturated heterocycles. The molecule has 2 heterocycles. The minimum Gasteiger partial charge on any atom is -0.472 e. The molecule has 10 heavy (non-hydrogen) atoms. The van der Waals surface area contributed by atoms with Gasteiger partial charge in [-0.25, -0.2) is 0 Å². The van der Waals surface area contributed by atoms with Gasteiger partial charge in [0, 0.05) is 11.6 Å². The highest BCUT2D eigenvalue weighted by molar-refractivity contribution is 5.12. The number of rotatable bonds is 1. The van der Waals surface area contributed by atoms with Gasteiger partial charge in [0.25, 0.3) is 0 Å². The number of hydrogen-bond donors (Lipinski definition) is 1. The van der Waals surface area contributed by atoms with Crippen LogP contribution in [-0.4, -0.2) is 6.54 Å². The maximum atomic E-state index is 4.99. The van der Waals surface area contributed by atoms with Crippen LogP contribution in [0.2, 0.25) is 0 Å². The van der Waals surface area contributed by atoms with Gasteiger partial charge in [0.15, 0.2) is 0 Å². The predicted octanol–water partition coefficient (Wildman–Crippen LogP) is 1.70. The molecule has 1 aliphatic heterocycles. The first-order chi connectivity index (χ1) is 4.97. The van der Waals surface area contributed by atoms with Crippen LogP contribution in [-0.2, 0) is 0 Å². The summed E-state index contributed by atoms with van der Waals surface area (Å²) < 4.78 is 4.99. The summed E-state index contributed by atoms with van der Waals surface area (Å²) in [5.41, 5.74) is 1.29. The van der Waals surface area contributed by atoms with Gasteiger partial charge < -0.3 is 9.73 Å². The highest BCUT2D eigenvalue weighted by Crippen LogP contribution is 2.22. The molecule has 0 radical (unpaired) electrons. The maximum Gasteiger partial charge on any atom is 0.0950 e. The van der Waals surface area contributed by atoms with Crippen molar-refractivity contribution in [2.24, 2.45) is 0 Å². The molecular weight excluding hydrogens is 126 g/mol. The molecule has 1 aromatic heterocycles. The van der Waals surface area contributed by atoms with Crippen molar-refractivity contribution >= 4 is 0 Å². The van der Waals surface area contributed by atoms with Crippen molar-refractivity contribution in [2.75, 3.05) is 6.54 Å². The minimum atomic E-state index is 0.554. The number of nitrogens with one attached hydrogen (secondary N) is 1. The lowest BCUT2D eigenvalue weighted by Gasteiger charge is -2.04. The molecule has 0 bridgehead atoms. The second-order valence-corrected chi connectivity index (χ2v) is 2.71. The molecule has 0 spiro atoms. The van der Waals surface area contributed by atoms with Crippen molar-refractivity contribution in [3.05, 3.63) is 24.2 Å². The quantitative estimate of drug-likeness (QED) is 0.637. The van der Waals surface area contributed by atoms with Crippen LogP contribution in [0.5, 0.6) is 0 Å². The Morgan fingerprint density at radius 2 is 2.60 bits per heavy atom. The Balaban J connectivity index is 2.12. The van der Waals surface area contributed by atoms with Gasteiger partial charge in [0.2, 0.25) is 0 Å². The Hall–Kier alpha value is -0.760. The normalized spacial score (nSPS) is 25.4. The average molecular weight is 137 g/mol. The Morgan fingerprint density at radius 1 is 1.60 bits per heavy atom. The first-order valence-corrected chi connectivity index (χ1v) is 3.72. The first-order valence-electron chi connectivity index (χ1n) is 3.72. The third-order valence-corrected chi connectivity index (χ3v) is 2.01. The van der Waals surface area contributed by atoms with E-state index in [1.807, 2.05) is 12.3 Å². The summed E-state index contributed by atoms with van der Waals surface area (Å²) in [6.07, 6.45) is 6.09. The molecule has 1 N–H and O–H groups in total. The topological polar surface area (TPSA) is 25.2 Å². The van der Waals surface area contributed by atoms with Crippen molar-refractivity contribution in [2.45, 2.75) is 18.9 Å². The van der Waals surface area contributed by atoms with Crippen LogP contribution in [0, 0.1) is 0 Å². The molecule has 0 aromatic carbocycles. The van der Waals surface area contributed by atoms with Crippen molar-refractivity contribution in [1.82, 2.24) is 5.32 Å². The largest absolute Gasteiger partial charge is 0.472 e. The fourth-order valence-electron chi connectivity index (χ4n) is 1.44. The smallest absolute Gasteiger partial charge is 0.0950 e. The fraction of sp³-hybridized carbons (Fsp3) is 0.500. The average Bonchev–Trinajstić information content (AvgIpc) is 2.59. The second-order valence-electron chi connectivity index (χ2n) is 2.71. The molecule has 1 aliphatic rings. The van der Waals surface area contributed by atoms with E-state index in [0.29, 0.717) is 6.04 Å². The van der Waals surface area contributed by atoms with Gasteiger partial charge in [-0.3, -0.25) is 0 Å². The Morgan fingerprint density at radius 3 is 3.20 bits per heavy atom. The summed E-state index contributed by atoms with van der Waals surface area (Å²) >= 11 is 0. The molecule has 2 rings (SSSR count). The predicted molar refractivity (Wildman–Crippen MR) is 38.7 cm³/mol. The number of hydrogen-bond acceptors (Lipinski definition) is 2. The van der Waals surface area contributed by atoms with E-state index in [9.17, 15) is 0 Å². The zero-order valence-corrected chi connectivity index (χ0v) is 5.84. The molecule has 0 unspecified atom stereocenters. The van der Waals surface area contributed by atoms with E-state index < -0.39 is 0 Å². The van der Waals surface area contributed by atoms with Crippen LogP contribution in [0.4, 0.5) is 0 Å². The van der Waals surface area contributed by atoms with Crippen LogP contribution in [0.15, 0.2) is 23.0 Å². The van der Waals surface area contributed by atoms with Gasteiger partial charge in [0.05, 0.1) is 12.5 Å². The van der Waals surface area contributed by atoms with Gasteiger partial charge in [-0.1, -0.05) is 0 Å². The third-order valence-electron chi connectivity index (χ3n) is 2.01. The molecule has 0 amide bonds. The molecule has 2 nitrogen and oxygen atoms in total. The Kier molecular flexibility index (Phi) is 1.47. The molecule has 2 heteroatoms. The zero-order valence-electron chi connectivity index (χ0n) is 5.84. The van der Waals surface area contributed by atoms with Crippen LogP contribution in [0.1, 0.15) is 24.4 Å². The molecule has 0 aliphatic carbocycles. The summed E-state index contributed by atoms with van der Waals surface area (Å²) in [5, 5.41) is 3.40. The van der Waals surface area contributed by atoms with Crippen molar-refractivity contribution in [3.8, 4) is 0 Å².